The first-order valence-corrected chi connectivity index (χ1v) is 3.93. The normalized spacial score (nSPS) is 11.2. The van der Waals surface area contributed by atoms with E-state index in [-0.39, 0.29) is 17.9 Å². The summed E-state index contributed by atoms with van der Waals surface area (Å²) in [6.45, 7) is 8.77. The third-order valence-corrected chi connectivity index (χ3v) is 1.34. The Kier molecular flexibility index (Phi) is 5.27. The van der Waals surface area contributed by atoms with E-state index in [0.717, 1.165) is 0 Å². The van der Waals surface area contributed by atoms with Crippen molar-refractivity contribution in [2.75, 3.05) is 6.54 Å². The van der Waals surface area contributed by atoms with Gasteiger partial charge in [0.2, 0.25) is 11.8 Å². The molecule has 2 amide bonds. The van der Waals surface area contributed by atoms with Crippen molar-refractivity contribution >= 4 is 11.8 Å². The van der Waals surface area contributed by atoms with Crippen LogP contribution in [-0.2, 0) is 9.59 Å². The number of amides is 2. The Labute approximate surface area is 77.7 Å². The number of carbonyl (C=O) groups is 2. The minimum Gasteiger partial charge on any atom is -0.351 e. The second-order valence-corrected chi connectivity index (χ2v) is 2.56. The van der Waals surface area contributed by atoms with Gasteiger partial charge >= 0.3 is 0 Å². The zero-order valence-corrected chi connectivity index (χ0v) is 7.67. The molecule has 1 unspecified atom stereocenters. The van der Waals surface area contributed by atoms with Gasteiger partial charge in [0.25, 0.3) is 0 Å². The fourth-order valence-corrected chi connectivity index (χ4v) is 0.679. The number of carbonyl (C=O) groups excluding carboxylic acids is 2. The van der Waals surface area contributed by atoms with E-state index in [2.05, 4.69) is 23.8 Å². The first-order valence-electron chi connectivity index (χ1n) is 3.93. The standard InChI is InChI=1S/C9H14N2O2/c1-4-8(12)10-6-7(3)11-9(13)5-2/h4-5,7H,1-2,6H2,3H3,(H,10,12)(H,11,13). The van der Waals surface area contributed by atoms with E-state index in [1.807, 2.05) is 0 Å². The Bertz CT molecular complexity index is 224. The molecule has 0 aliphatic rings. The maximum atomic E-state index is 10.8. The van der Waals surface area contributed by atoms with Gasteiger partial charge in [0.15, 0.2) is 0 Å². The highest BCUT2D eigenvalue weighted by atomic mass is 16.2. The third-order valence-electron chi connectivity index (χ3n) is 1.34. The highest BCUT2D eigenvalue weighted by molar-refractivity contribution is 5.88. The van der Waals surface area contributed by atoms with E-state index < -0.39 is 0 Å². The van der Waals surface area contributed by atoms with Crippen LogP contribution in [0.15, 0.2) is 25.3 Å². The fraction of sp³-hybridized carbons (Fsp3) is 0.333. The molecule has 0 fully saturated rings. The van der Waals surface area contributed by atoms with Crippen LogP contribution in [0.4, 0.5) is 0 Å². The Morgan fingerprint density at radius 1 is 1.31 bits per heavy atom. The molecule has 0 aliphatic carbocycles. The van der Waals surface area contributed by atoms with Crippen molar-refractivity contribution in [2.24, 2.45) is 0 Å². The van der Waals surface area contributed by atoms with Gasteiger partial charge in [0.1, 0.15) is 0 Å². The van der Waals surface area contributed by atoms with Crippen molar-refractivity contribution in [3.63, 3.8) is 0 Å². The van der Waals surface area contributed by atoms with Crippen LogP contribution in [0.2, 0.25) is 0 Å². The number of rotatable bonds is 5. The van der Waals surface area contributed by atoms with Crippen LogP contribution < -0.4 is 10.6 Å². The van der Waals surface area contributed by atoms with Gasteiger partial charge in [-0.05, 0) is 19.1 Å². The summed E-state index contributed by atoms with van der Waals surface area (Å²) in [5.41, 5.74) is 0. The Balaban J connectivity index is 3.68. The van der Waals surface area contributed by atoms with Crippen LogP contribution in [-0.4, -0.2) is 24.4 Å². The zero-order valence-electron chi connectivity index (χ0n) is 7.67. The molecule has 0 aliphatic heterocycles. The van der Waals surface area contributed by atoms with Crippen LogP contribution in [0.3, 0.4) is 0 Å². The van der Waals surface area contributed by atoms with Gasteiger partial charge < -0.3 is 10.6 Å². The summed E-state index contributed by atoms with van der Waals surface area (Å²) >= 11 is 0. The third kappa shape index (κ3) is 5.66. The molecule has 0 aromatic heterocycles. The first-order chi connectivity index (χ1) is 6.10. The average molecular weight is 182 g/mol. The van der Waals surface area contributed by atoms with E-state index in [1.54, 1.807) is 6.92 Å². The van der Waals surface area contributed by atoms with Crippen molar-refractivity contribution in [1.29, 1.82) is 0 Å². The van der Waals surface area contributed by atoms with Crippen LogP contribution in [0.25, 0.3) is 0 Å². The van der Waals surface area contributed by atoms with E-state index in [0.29, 0.717) is 6.54 Å². The number of nitrogens with one attached hydrogen (secondary N) is 2. The second-order valence-electron chi connectivity index (χ2n) is 2.56. The lowest BCUT2D eigenvalue weighted by Crippen LogP contribution is -2.40. The van der Waals surface area contributed by atoms with E-state index >= 15 is 0 Å². The molecule has 4 nitrogen and oxygen atoms in total. The molecule has 13 heavy (non-hydrogen) atoms. The van der Waals surface area contributed by atoms with E-state index in [1.165, 1.54) is 12.2 Å². The van der Waals surface area contributed by atoms with E-state index in [9.17, 15) is 9.59 Å². The summed E-state index contributed by atoms with van der Waals surface area (Å²) < 4.78 is 0. The average Bonchev–Trinajstić information content (AvgIpc) is 2.13. The maximum absolute atomic E-state index is 10.8. The summed E-state index contributed by atoms with van der Waals surface area (Å²) in [7, 11) is 0. The topological polar surface area (TPSA) is 58.2 Å². The molecule has 0 bridgehead atoms. The smallest absolute Gasteiger partial charge is 0.243 e. The minimum atomic E-state index is -0.250. The fourth-order valence-electron chi connectivity index (χ4n) is 0.679. The molecular weight excluding hydrogens is 168 g/mol. The summed E-state index contributed by atoms with van der Waals surface area (Å²) in [5.74, 6) is -0.500. The Morgan fingerprint density at radius 3 is 2.31 bits per heavy atom. The van der Waals surface area contributed by atoms with Gasteiger partial charge in [0.05, 0.1) is 0 Å². The molecule has 0 aromatic carbocycles. The molecule has 2 N–H and O–H groups in total. The summed E-state index contributed by atoms with van der Waals surface area (Å²) in [6.07, 6.45) is 2.37. The molecule has 0 aromatic rings. The molecule has 72 valence electrons. The van der Waals surface area contributed by atoms with Gasteiger partial charge in [-0.25, -0.2) is 0 Å². The monoisotopic (exact) mass is 182 g/mol. The summed E-state index contributed by atoms with van der Waals surface area (Å²) in [6, 6.07) is -0.116. The second kappa shape index (κ2) is 5.99. The van der Waals surface area contributed by atoms with Gasteiger partial charge in [0, 0.05) is 12.6 Å². The maximum Gasteiger partial charge on any atom is 0.243 e. The molecule has 0 rings (SSSR count). The van der Waals surface area contributed by atoms with Crippen molar-refractivity contribution < 1.29 is 9.59 Å². The number of hydrogen-bond acceptors (Lipinski definition) is 2. The van der Waals surface area contributed by atoms with Gasteiger partial charge in [-0.15, -0.1) is 0 Å². The summed E-state index contributed by atoms with van der Waals surface area (Å²) in [5, 5.41) is 5.16. The van der Waals surface area contributed by atoms with Crippen LogP contribution in [0, 0.1) is 0 Å². The molecule has 0 saturated heterocycles. The quantitative estimate of drug-likeness (QED) is 0.587. The van der Waals surface area contributed by atoms with Gasteiger partial charge in [-0.3, -0.25) is 9.59 Å². The Hall–Kier alpha value is -1.58. The molecule has 1 atom stereocenters. The van der Waals surface area contributed by atoms with Crippen molar-refractivity contribution in [3.8, 4) is 0 Å². The predicted octanol–water partition coefficient (Wildman–Crippen LogP) is -0.0207. The molecular formula is C9H14N2O2. The lowest BCUT2D eigenvalue weighted by molar-refractivity contribution is -0.118. The van der Waals surface area contributed by atoms with Crippen LogP contribution in [0.1, 0.15) is 6.92 Å². The molecule has 4 heteroatoms. The predicted molar refractivity (Wildman–Crippen MR) is 51.0 cm³/mol. The highest BCUT2D eigenvalue weighted by Gasteiger charge is 2.04. The van der Waals surface area contributed by atoms with Gasteiger partial charge in [-0.2, -0.15) is 0 Å². The SMILES string of the molecule is C=CC(=O)NCC(C)NC(=O)C=C. The van der Waals surface area contributed by atoms with Crippen molar-refractivity contribution in [3.05, 3.63) is 25.3 Å². The molecule has 0 heterocycles. The minimum absolute atomic E-state index is 0.116. The van der Waals surface area contributed by atoms with Crippen LogP contribution in [0.5, 0.6) is 0 Å². The zero-order chi connectivity index (χ0) is 10.3. The first kappa shape index (κ1) is 11.4. The van der Waals surface area contributed by atoms with Crippen molar-refractivity contribution in [2.45, 2.75) is 13.0 Å². The lowest BCUT2D eigenvalue weighted by Gasteiger charge is -2.12. The largest absolute Gasteiger partial charge is 0.351 e. The molecule has 0 saturated carbocycles. The summed E-state index contributed by atoms with van der Waals surface area (Å²) in [4.78, 5) is 21.5. The number of hydrogen-bond donors (Lipinski definition) is 2. The lowest BCUT2D eigenvalue weighted by atomic mass is 10.3. The van der Waals surface area contributed by atoms with Crippen LogP contribution >= 0.6 is 0 Å². The molecule has 0 spiro atoms. The Morgan fingerprint density at radius 2 is 1.85 bits per heavy atom. The van der Waals surface area contributed by atoms with E-state index in [4.69, 9.17) is 0 Å². The van der Waals surface area contributed by atoms with Gasteiger partial charge in [-0.1, -0.05) is 13.2 Å². The van der Waals surface area contributed by atoms with Crippen molar-refractivity contribution in [1.82, 2.24) is 10.6 Å². The molecule has 0 radical (unpaired) electrons. The highest BCUT2D eigenvalue weighted by Crippen LogP contribution is 1.80.